The van der Waals surface area contributed by atoms with Crippen LogP contribution in [0.15, 0.2) is 247 Å². The lowest BCUT2D eigenvalue weighted by Crippen LogP contribution is -2.12. The van der Waals surface area contributed by atoms with Crippen molar-refractivity contribution in [2.75, 3.05) is 4.90 Å². The van der Waals surface area contributed by atoms with Gasteiger partial charge in [0.05, 0.1) is 16.7 Å². The molecule has 0 unspecified atom stereocenters. The van der Waals surface area contributed by atoms with Crippen LogP contribution in [0, 0.1) is 0 Å². The van der Waals surface area contributed by atoms with Crippen molar-refractivity contribution in [1.82, 2.24) is 4.57 Å². The van der Waals surface area contributed by atoms with E-state index >= 15 is 0 Å². The highest BCUT2D eigenvalue weighted by molar-refractivity contribution is 6.14. The highest BCUT2D eigenvalue weighted by atomic mass is 16.3. The van der Waals surface area contributed by atoms with E-state index in [0.29, 0.717) is 0 Å². The van der Waals surface area contributed by atoms with Gasteiger partial charge < -0.3 is 13.9 Å². The standard InChI is InChI=1S/C62H40N2O/c1-2-14-42(15-3-1)50-36-29-45(57-38-44-16-4-5-17-49(44)51-18-6-7-19-52(51)57)39-60(50)63(46-30-26-41(27-31-46)43-28-37-56-55-22-10-13-25-61(55)65-62(56)40-43)47-32-34-48(35-33-47)64-58-23-11-8-20-53(58)54-21-9-12-24-59(54)64/h1-40H. The number of furan rings is 1. The van der Waals surface area contributed by atoms with Gasteiger partial charge in [0.15, 0.2) is 0 Å². The zero-order valence-corrected chi connectivity index (χ0v) is 35.4. The van der Waals surface area contributed by atoms with Crippen LogP contribution < -0.4 is 4.90 Å². The maximum atomic E-state index is 6.32. The Kier molecular flexibility index (Phi) is 8.53. The fourth-order valence-corrected chi connectivity index (χ4v) is 10.1. The van der Waals surface area contributed by atoms with E-state index in [2.05, 4.69) is 240 Å². The molecule has 304 valence electrons. The molecule has 0 atom stereocenters. The Hall–Kier alpha value is -8.66. The molecule has 2 aromatic heterocycles. The Morgan fingerprint density at radius 3 is 1.60 bits per heavy atom. The van der Waals surface area contributed by atoms with E-state index in [-0.39, 0.29) is 0 Å². The van der Waals surface area contributed by atoms with E-state index in [1.807, 2.05) is 12.1 Å². The molecule has 0 saturated heterocycles. The van der Waals surface area contributed by atoms with Gasteiger partial charge in [-0.15, -0.1) is 0 Å². The fourth-order valence-electron chi connectivity index (χ4n) is 10.1. The maximum Gasteiger partial charge on any atom is 0.136 e. The Balaban J connectivity index is 1.01. The number of rotatable bonds is 7. The minimum Gasteiger partial charge on any atom is -0.456 e. The number of hydrogen-bond donors (Lipinski definition) is 0. The molecule has 0 aliphatic rings. The van der Waals surface area contributed by atoms with E-state index < -0.39 is 0 Å². The lowest BCUT2D eigenvalue weighted by Gasteiger charge is -2.29. The normalized spacial score (nSPS) is 11.7. The van der Waals surface area contributed by atoms with Crippen LogP contribution in [0.4, 0.5) is 17.1 Å². The largest absolute Gasteiger partial charge is 0.456 e. The van der Waals surface area contributed by atoms with Crippen LogP contribution >= 0.6 is 0 Å². The first kappa shape index (κ1) is 36.9. The molecule has 3 heteroatoms. The highest BCUT2D eigenvalue weighted by Crippen LogP contribution is 2.46. The van der Waals surface area contributed by atoms with Crippen molar-refractivity contribution in [3.8, 4) is 39.1 Å². The third-order valence-electron chi connectivity index (χ3n) is 13.2. The van der Waals surface area contributed by atoms with Crippen molar-refractivity contribution >= 4 is 82.4 Å². The zero-order valence-electron chi connectivity index (χ0n) is 35.4. The third kappa shape index (κ3) is 6.12. The molecule has 2 heterocycles. The summed E-state index contributed by atoms with van der Waals surface area (Å²) < 4.78 is 8.70. The van der Waals surface area contributed by atoms with Crippen molar-refractivity contribution in [1.29, 1.82) is 0 Å². The predicted molar refractivity (Wildman–Crippen MR) is 274 cm³/mol. The summed E-state index contributed by atoms with van der Waals surface area (Å²) in [5, 5.41) is 9.74. The van der Waals surface area contributed by atoms with Gasteiger partial charge in [-0.2, -0.15) is 0 Å². The molecule has 0 spiro atoms. The summed E-state index contributed by atoms with van der Waals surface area (Å²) in [6.07, 6.45) is 0. The second-order valence-corrected chi connectivity index (χ2v) is 16.9. The first-order valence-corrected chi connectivity index (χ1v) is 22.2. The maximum absolute atomic E-state index is 6.32. The topological polar surface area (TPSA) is 21.3 Å². The molecule has 3 nitrogen and oxygen atoms in total. The molecular weight excluding hydrogens is 789 g/mol. The molecular formula is C62H40N2O. The summed E-state index contributed by atoms with van der Waals surface area (Å²) >= 11 is 0. The second kappa shape index (κ2) is 15.0. The van der Waals surface area contributed by atoms with Gasteiger partial charge in [0.2, 0.25) is 0 Å². The number of anilines is 3. The van der Waals surface area contributed by atoms with Crippen molar-refractivity contribution in [2.24, 2.45) is 0 Å². The molecule has 13 aromatic rings. The molecule has 65 heavy (non-hydrogen) atoms. The van der Waals surface area contributed by atoms with E-state index in [4.69, 9.17) is 4.42 Å². The molecule has 0 saturated carbocycles. The van der Waals surface area contributed by atoms with Gasteiger partial charge in [0.1, 0.15) is 11.2 Å². The lowest BCUT2D eigenvalue weighted by atomic mass is 9.91. The Morgan fingerprint density at radius 1 is 0.308 bits per heavy atom. The van der Waals surface area contributed by atoms with E-state index in [1.165, 1.54) is 48.9 Å². The molecule has 11 aromatic carbocycles. The van der Waals surface area contributed by atoms with E-state index in [1.54, 1.807) is 0 Å². The van der Waals surface area contributed by atoms with Crippen molar-refractivity contribution in [3.63, 3.8) is 0 Å². The van der Waals surface area contributed by atoms with Gasteiger partial charge in [-0.05, 0) is 128 Å². The van der Waals surface area contributed by atoms with Gasteiger partial charge in [0.25, 0.3) is 0 Å². The molecule has 0 amide bonds. The van der Waals surface area contributed by atoms with E-state index in [0.717, 1.165) is 72.5 Å². The van der Waals surface area contributed by atoms with Crippen molar-refractivity contribution < 1.29 is 4.42 Å². The van der Waals surface area contributed by atoms with E-state index in [9.17, 15) is 0 Å². The van der Waals surface area contributed by atoms with Crippen LogP contribution in [-0.4, -0.2) is 4.57 Å². The van der Waals surface area contributed by atoms with Crippen LogP contribution in [0.5, 0.6) is 0 Å². The monoisotopic (exact) mass is 828 g/mol. The summed E-state index contributed by atoms with van der Waals surface area (Å²) in [5.41, 5.74) is 15.4. The van der Waals surface area contributed by atoms with Crippen LogP contribution in [0.25, 0.3) is 104 Å². The molecule has 0 aliphatic carbocycles. The minimum absolute atomic E-state index is 0.892. The Morgan fingerprint density at radius 2 is 0.862 bits per heavy atom. The zero-order chi connectivity index (χ0) is 42.8. The Bertz CT molecular complexity index is 3880. The van der Waals surface area contributed by atoms with Crippen LogP contribution in [0.3, 0.4) is 0 Å². The van der Waals surface area contributed by atoms with Gasteiger partial charge in [-0.1, -0.05) is 164 Å². The summed E-state index contributed by atoms with van der Waals surface area (Å²) in [5.74, 6) is 0. The quantitative estimate of drug-likeness (QED) is 0.149. The molecule has 0 bridgehead atoms. The number of para-hydroxylation sites is 3. The first-order chi connectivity index (χ1) is 32.2. The number of aromatic nitrogens is 1. The Labute approximate surface area is 376 Å². The number of nitrogens with zero attached hydrogens (tertiary/aromatic N) is 2. The number of hydrogen-bond acceptors (Lipinski definition) is 2. The molecule has 0 radical (unpaired) electrons. The smallest absolute Gasteiger partial charge is 0.136 e. The molecule has 13 rings (SSSR count). The SMILES string of the molecule is c1ccc(-c2ccc(-c3cc4ccccc4c4ccccc34)cc2N(c2ccc(-c3ccc4c(c3)oc3ccccc34)cc2)c2ccc(-n3c4ccccc4c4ccccc43)cc2)cc1. The third-order valence-corrected chi connectivity index (χ3v) is 13.2. The van der Waals surface area contributed by atoms with Gasteiger partial charge >= 0.3 is 0 Å². The summed E-state index contributed by atoms with van der Waals surface area (Å²) in [7, 11) is 0. The molecule has 0 aliphatic heterocycles. The van der Waals surface area contributed by atoms with Crippen molar-refractivity contribution in [3.05, 3.63) is 243 Å². The fraction of sp³-hybridized carbons (Fsp3) is 0. The lowest BCUT2D eigenvalue weighted by molar-refractivity contribution is 0.669. The average Bonchev–Trinajstić information content (AvgIpc) is 3.92. The van der Waals surface area contributed by atoms with Crippen molar-refractivity contribution in [2.45, 2.75) is 0 Å². The minimum atomic E-state index is 0.892. The van der Waals surface area contributed by atoms with Gasteiger partial charge in [-0.25, -0.2) is 0 Å². The summed E-state index contributed by atoms with van der Waals surface area (Å²) in [4.78, 5) is 2.43. The molecule has 0 fully saturated rings. The van der Waals surface area contributed by atoms with Gasteiger partial charge in [-0.3, -0.25) is 0 Å². The number of benzene rings is 11. The van der Waals surface area contributed by atoms with Gasteiger partial charge in [0, 0.05) is 44.2 Å². The summed E-state index contributed by atoms with van der Waals surface area (Å²) in [6.45, 7) is 0. The average molecular weight is 829 g/mol. The molecule has 0 N–H and O–H groups in total. The highest BCUT2D eigenvalue weighted by Gasteiger charge is 2.21. The summed E-state index contributed by atoms with van der Waals surface area (Å²) in [6, 6.07) is 87.9. The van der Waals surface area contributed by atoms with Crippen LogP contribution in [0.2, 0.25) is 0 Å². The second-order valence-electron chi connectivity index (χ2n) is 16.9. The first-order valence-electron chi connectivity index (χ1n) is 22.2. The number of fused-ring (bicyclic) bond motifs is 9. The predicted octanol–water partition coefficient (Wildman–Crippen LogP) is 17.5. The van der Waals surface area contributed by atoms with Crippen LogP contribution in [0.1, 0.15) is 0 Å². The van der Waals surface area contributed by atoms with Crippen LogP contribution in [-0.2, 0) is 0 Å².